The second kappa shape index (κ2) is 9.66. The first-order chi connectivity index (χ1) is 12.3. The summed E-state index contributed by atoms with van der Waals surface area (Å²) in [5.74, 6) is 0. The molecule has 0 saturated heterocycles. The summed E-state index contributed by atoms with van der Waals surface area (Å²) < 4.78 is 0.313. The van der Waals surface area contributed by atoms with Gasteiger partial charge in [0.25, 0.3) is 0 Å². The number of anilines is 1. The van der Waals surface area contributed by atoms with Gasteiger partial charge < -0.3 is 5.32 Å². The van der Waals surface area contributed by atoms with Crippen LogP contribution >= 0.6 is 35.7 Å². The Morgan fingerprint density at radius 2 is 1.16 bits per heavy atom. The van der Waals surface area contributed by atoms with E-state index >= 15 is 0 Å². The van der Waals surface area contributed by atoms with Gasteiger partial charge in [0, 0.05) is 21.9 Å². The molecule has 4 heteroatoms. The SMILES string of the molecule is S=C(CC(Sc1ccccc1)Sc1ccccc1)Nc1ccccc1. The van der Waals surface area contributed by atoms with E-state index in [1.807, 2.05) is 66.0 Å². The summed E-state index contributed by atoms with van der Waals surface area (Å²) in [6.45, 7) is 0. The van der Waals surface area contributed by atoms with Gasteiger partial charge in [-0.15, -0.1) is 23.5 Å². The number of para-hydroxylation sites is 1. The first kappa shape index (κ1) is 18.1. The molecule has 1 N–H and O–H groups in total. The summed E-state index contributed by atoms with van der Waals surface area (Å²) in [4.78, 5) is 3.39. The van der Waals surface area contributed by atoms with E-state index in [0.717, 1.165) is 17.1 Å². The smallest absolute Gasteiger partial charge is 0.0817 e. The Labute approximate surface area is 163 Å². The normalized spacial score (nSPS) is 10.6. The molecule has 25 heavy (non-hydrogen) atoms. The minimum atomic E-state index is 0.313. The van der Waals surface area contributed by atoms with E-state index < -0.39 is 0 Å². The lowest BCUT2D eigenvalue weighted by Crippen LogP contribution is -2.14. The zero-order valence-corrected chi connectivity index (χ0v) is 16.1. The standard InChI is InChI=1S/C21H19NS3/c23-20(22-17-10-4-1-5-11-17)16-21(24-18-12-6-2-7-13-18)25-19-14-8-3-9-15-19/h1-15,21H,16H2,(H,22,23). The van der Waals surface area contributed by atoms with E-state index in [-0.39, 0.29) is 0 Å². The average Bonchev–Trinajstić information content (AvgIpc) is 2.64. The molecule has 0 radical (unpaired) electrons. The van der Waals surface area contributed by atoms with Crippen LogP contribution in [0.1, 0.15) is 6.42 Å². The number of nitrogens with one attached hydrogen (secondary N) is 1. The fraction of sp³-hybridized carbons (Fsp3) is 0.0952. The zero-order valence-electron chi connectivity index (χ0n) is 13.7. The maximum absolute atomic E-state index is 5.61. The van der Waals surface area contributed by atoms with E-state index in [9.17, 15) is 0 Å². The van der Waals surface area contributed by atoms with Gasteiger partial charge >= 0.3 is 0 Å². The number of hydrogen-bond donors (Lipinski definition) is 1. The molecule has 1 nitrogen and oxygen atoms in total. The third kappa shape index (κ3) is 6.24. The molecule has 3 aromatic rings. The van der Waals surface area contributed by atoms with E-state index in [4.69, 9.17) is 12.2 Å². The van der Waals surface area contributed by atoms with Crippen LogP contribution in [0.4, 0.5) is 5.69 Å². The van der Waals surface area contributed by atoms with Crippen LogP contribution in [0.3, 0.4) is 0 Å². The van der Waals surface area contributed by atoms with E-state index in [1.165, 1.54) is 9.79 Å². The summed E-state index contributed by atoms with van der Waals surface area (Å²) in [5, 5.41) is 3.35. The van der Waals surface area contributed by atoms with E-state index in [0.29, 0.717) is 4.58 Å². The highest BCUT2D eigenvalue weighted by atomic mass is 32.2. The molecule has 0 unspecified atom stereocenters. The number of benzene rings is 3. The first-order valence-corrected chi connectivity index (χ1v) is 10.2. The average molecular weight is 382 g/mol. The Morgan fingerprint density at radius 3 is 1.64 bits per heavy atom. The summed E-state index contributed by atoms with van der Waals surface area (Å²) in [7, 11) is 0. The molecule has 0 spiro atoms. The van der Waals surface area contributed by atoms with Crippen LogP contribution in [0.2, 0.25) is 0 Å². The molecule has 0 fully saturated rings. The van der Waals surface area contributed by atoms with Gasteiger partial charge in [-0.3, -0.25) is 0 Å². The highest BCUT2D eigenvalue weighted by Crippen LogP contribution is 2.37. The van der Waals surface area contributed by atoms with Crippen molar-refractivity contribution in [2.45, 2.75) is 20.8 Å². The quantitative estimate of drug-likeness (QED) is 0.276. The molecule has 0 aliphatic rings. The Kier molecular flexibility index (Phi) is 6.98. The zero-order chi connectivity index (χ0) is 17.3. The van der Waals surface area contributed by atoms with Gasteiger partial charge in [0.05, 0.1) is 9.57 Å². The molecule has 0 aliphatic heterocycles. The Hall–Kier alpha value is -1.75. The molecule has 0 aliphatic carbocycles. The van der Waals surface area contributed by atoms with Crippen LogP contribution in [0, 0.1) is 0 Å². The minimum Gasteiger partial charge on any atom is -0.350 e. The van der Waals surface area contributed by atoms with Crippen molar-refractivity contribution < 1.29 is 0 Å². The molecule has 0 saturated carbocycles. The van der Waals surface area contributed by atoms with Crippen molar-refractivity contribution in [3.8, 4) is 0 Å². The highest BCUT2D eigenvalue weighted by Gasteiger charge is 2.15. The number of thioether (sulfide) groups is 2. The second-order valence-electron chi connectivity index (χ2n) is 5.41. The second-order valence-corrected chi connectivity index (χ2v) is 8.75. The van der Waals surface area contributed by atoms with Crippen molar-refractivity contribution in [1.29, 1.82) is 0 Å². The van der Waals surface area contributed by atoms with E-state index in [2.05, 4.69) is 53.8 Å². The summed E-state index contributed by atoms with van der Waals surface area (Å²) in [5.41, 5.74) is 1.04. The van der Waals surface area contributed by atoms with Gasteiger partial charge in [-0.1, -0.05) is 66.8 Å². The van der Waals surface area contributed by atoms with Crippen molar-refractivity contribution in [3.63, 3.8) is 0 Å². The Bertz CT molecular complexity index is 735. The van der Waals surface area contributed by atoms with Crippen LogP contribution in [-0.2, 0) is 0 Å². The van der Waals surface area contributed by atoms with Crippen LogP contribution < -0.4 is 5.32 Å². The topological polar surface area (TPSA) is 12.0 Å². The lowest BCUT2D eigenvalue weighted by molar-refractivity contribution is 1.23. The fourth-order valence-electron chi connectivity index (χ4n) is 2.29. The summed E-state index contributed by atoms with van der Waals surface area (Å²) >= 11 is 9.32. The van der Waals surface area contributed by atoms with Crippen LogP contribution in [0.5, 0.6) is 0 Å². The van der Waals surface area contributed by atoms with Crippen LogP contribution in [-0.4, -0.2) is 9.57 Å². The maximum atomic E-state index is 5.61. The summed E-state index contributed by atoms with van der Waals surface area (Å²) in [6.07, 6.45) is 0.809. The molecular formula is C21H19NS3. The van der Waals surface area contributed by atoms with Crippen molar-refractivity contribution in [2.24, 2.45) is 0 Å². The molecule has 0 amide bonds. The van der Waals surface area contributed by atoms with Crippen LogP contribution in [0.15, 0.2) is 101 Å². The third-order valence-electron chi connectivity index (χ3n) is 3.43. The van der Waals surface area contributed by atoms with Gasteiger partial charge in [0.1, 0.15) is 0 Å². The molecule has 0 heterocycles. The molecule has 3 rings (SSSR count). The van der Waals surface area contributed by atoms with Gasteiger partial charge in [0.2, 0.25) is 0 Å². The number of hydrogen-bond acceptors (Lipinski definition) is 3. The lowest BCUT2D eigenvalue weighted by Gasteiger charge is -2.18. The maximum Gasteiger partial charge on any atom is 0.0817 e. The first-order valence-electron chi connectivity index (χ1n) is 8.08. The molecular weight excluding hydrogens is 362 g/mol. The monoisotopic (exact) mass is 381 g/mol. The predicted octanol–water partition coefficient (Wildman–Crippen LogP) is 6.73. The van der Waals surface area contributed by atoms with Gasteiger partial charge in [0.15, 0.2) is 0 Å². The molecule has 0 aromatic heterocycles. The van der Waals surface area contributed by atoms with Crippen molar-refractivity contribution >= 4 is 46.4 Å². The molecule has 0 atom stereocenters. The fourth-order valence-corrected chi connectivity index (χ4v) is 5.38. The Morgan fingerprint density at radius 1 is 0.720 bits per heavy atom. The van der Waals surface area contributed by atoms with Gasteiger partial charge in [-0.2, -0.15) is 0 Å². The van der Waals surface area contributed by atoms with Crippen molar-refractivity contribution in [1.82, 2.24) is 0 Å². The number of rotatable bonds is 7. The molecule has 3 aromatic carbocycles. The predicted molar refractivity (Wildman–Crippen MR) is 116 cm³/mol. The number of thiocarbonyl (C=S) groups is 1. The molecule has 126 valence electrons. The van der Waals surface area contributed by atoms with E-state index in [1.54, 1.807) is 0 Å². The van der Waals surface area contributed by atoms with Gasteiger partial charge in [-0.25, -0.2) is 0 Å². The van der Waals surface area contributed by atoms with Gasteiger partial charge in [-0.05, 0) is 36.4 Å². The van der Waals surface area contributed by atoms with Crippen molar-refractivity contribution in [3.05, 3.63) is 91.0 Å². The van der Waals surface area contributed by atoms with Crippen molar-refractivity contribution in [2.75, 3.05) is 5.32 Å². The largest absolute Gasteiger partial charge is 0.350 e. The summed E-state index contributed by atoms with van der Waals surface area (Å²) in [6, 6.07) is 31.1. The Balaban J connectivity index is 1.68. The van der Waals surface area contributed by atoms with Crippen LogP contribution in [0.25, 0.3) is 0 Å². The highest BCUT2D eigenvalue weighted by molar-refractivity contribution is 8.17. The lowest BCUT2D eigenvalue weighted by atomic mass is 10.3. The molecule has 0 bridgehead atoms. The third-order valence-corrected chi connectivity index (χ3v) is 6.22. The minimum absolute atomic E-state index is 0.313.